The molecule has 164 valence electrons. The predicted octanol–water partition coefficient (Wildman–Crippen LogP) is 4.16. The van der Waals surface area contributed by atoms with Gasteiger partial charge in [0.15, 0.2) is 0 Å². The zero-order valence-corrected chi connectivity index (χ0v) is 18.6. The summed E-state index contributed by atoms with van der Waals surface area (Å²) in [4.78, 5) is 27.5. The van der Waals surface area contributed by atoms with Crippen LogP contribution in [0.15, 0.2) is 48.0 Å². The molecule has 0 aromatic heterocycles. The van der Waals surface area contributed by atoms with Crippen LogP contribution in [0, 0.1) is 13.8 Å². The highest BCUT2D eigenvalue weighted by Crippen LogP contribution is 2.43. The molecule has 1 aliphatic heterocycles. The number of carbonyl (C=O) groups excluding carboxylic acids is 2. The molecule has 1 amide bonds. The van der Waals surface area contributed by atoms with E-state index in [4.69, 9.17) is 9.47 Å². The third-order valence-corrected chi connectivity index (χ3v) is 5.30. The minimum atomic E-state index is -0.773. The van der Waals surface area contributed by atoms with E-state index in [2.05, 4.69) is 0 Å². The van der Waals surface area contributed by atoms with Crippen LogP contribution in [-0.2, 0) is 14.3 Å². The van der Waals surface area contributed by atoms with Gasteiger partial charge in [0, 0.05) is 24.8 Å². The van der Waals surface area contributed by atoms with Gasteiger partial charge in [-0.1, -0.05) is 35.9 Å². The number of hydrogen-bond donors (Lipinski definition) is 1. The van der Waals surface area contributed by atoms with Gasteiger partial charge in [0.25, 0.3) is 11.7 Å². The minimum Gasteiger partial charge on any atom is -0.507 e. The molecule has 1 fully saturated rings. The van der Waals surface area contributed by atoms with Gasteiger partial charge >= 0.3 is 0 Å². The topological polar surface area (TPSA) is 76.1 Å². The third kappa shape index (κ3) is 4.49. The highest BCUT2D eigenvalue weighted by atomic mass is 16.5. The van der Waals surface area contributed by atoms with Crippen LogP contribution in [0.5, 0.6) is 5.75 Å². The number of likely N-dealkylation sites (tertiary alicyclic amines) is 1. The number of carbonyl (C=O) groups is 2. The van der Waals surface area contributed by atoms with Gasteiger partial charge in [0.1, 0.15) is 11.5 Å². The first-order valence-electron chi connectivity index (χ1n) is 10.4. The highest BCUT2D eigenvalue weighted by molar-refractivity contribution is 6.46. The lowest BCUT2D eigenvalue weighted by Crippen LogP contribution is -2.33. The van der Waals surface area contributed by atoms with Crippen LogP contribution in [0.3, 0.4) is 0 Å². The van der Waals surface area contributed by atoms with Gasteiger partial charge in [-0.2, -0.15) is 0 Å². The van der Waals surface area contributed by atoms with E-state index in [-0.39, 0.29) is 30.6 Å². The van der Waals surface area contributed by atoms with Gasteiger partial charge in [-0.15, -0.1) is 0 Å². The number of nitrogens with zero attached hydrogens (tertiary/aromatic N) is 1. The molecule has 6 heteroatoms. The van der Waals surface area contributed by atoms with Crippen molar-refractivity contribution in [3.63, 3.8) is 0 Å². The number of ether oxygens (including phenoxy) is 2. The first-order chi connectivity index (χ1) is 14.8. The first kappa shape index (κ1) is 22.6. The summed E-state index contributed by atoms with van der Waals surface area (Å²) in [6.07, 6.45) is -0.0959. The second kappa shape index (κ2) is 9.35. The lowest BCUT2D eigenvalue weighted by Gasteiger charge is -2.27. The van der Waals surface area contributed by atoms with E-state index in [9.17, 15) is 14.7 Å². The van der Waals surface area contributed by atoms with Crippen molar-refractivity contribution in [2.75, 3.05) is 20.3 Å². The van der Waals surface area contributed by atoms with Gasteiger partial charge in [-0.25, -0.2) is 0 Å². The summed E-state index contributed by atoms with van der Waals surface area (Å²) in [6, 6.07) is 12.2. The Morgan fingerprint density at radius 1 is 1.13 bits per heavy atom. The molecule has 1 aliphatic rings. The molecule has 0 saturated carbocycles. The van der Waals surface area contributed by atoms with E-state index in [0.717, 1.165) is 11.1 Å². The summed E-state index contributed by atoms with van der Waals surface area (Å²) in [5.41, 5.74) is 3.02. The summed E-state index contributed by atoms with van der Waals surface area (Å²) < 4.78 is 11.1. The molecule has 3 rings (SSSR count). The Morgan fingerprint density at radius 2 is 1.84 bits per heavy atom. The fraction of sp³-hybridized carbons (Fsp3) is 0.360. The molecule has 2 aromatic carbocycles. The summed E-state index contributed by atoms with van der Waals surface area (Å²) >= 11 is 0. The second-order valence-electron chi connectivity index (χ2n) is 8.01. The average Bonchev–Trinajstić information content (AvgIpc) is 2.98. The van der Waals surface area contributed by atoms with E-state index in [1.54, 1.807) is 0 Å². The van der Waals surface area contributed by atoms with Crippen molar-refractivity contribution in [3.05, 3.63) is 70.3 Å². The number of benzene rings is 2. The minimum absolute atomic E-state index is 0.0645. The number of para-hydroxylation sites is 1. The van der Waals surface area contributed by atoms with Gasteiger partial charge < -0.3 is 19.5 Å². The summed E-state index contributed by atoms with van der Waals surface area (Å²) in [5.74, 6) is -0.977. The van der Waals surface area contributed by atoms with E-state index in [1.807, 2.05) is 70.2 Å². The van der Waals surface area contributed by atoms with E-state index >= 15 is 0 Å². The van der Waals surface area contributed by atoms with Gasteiger partial charge in [-0.05, 0) is 45.4 Å². The predicted molar refractivity (Wildman–Crippen MR) is 119 cm³/mol. The molecule has 0 aliphatic carbocycles. The second-order valence-corrected chi connectivity index (χ2v) is 8.01. The fourth-order valence-corrected chi connectivity index (χ4v) is 3.83. The van der Waals surface area contributed by atoms with Crippen LogP contribution in [0.25, 0.3) is 5.76 Å². The number of methoxy groups -OCH3 is 1. The van der Waals surface area contributed by atoms with Gasteiger partial charge in [-0.3, -0.25) is 9.59 Å². The first-order valence-corrected chi connectivity index (χ1v) is 10.4. The number of amides is 1. The van der Waals surface area contributed by atoms with Crippen LogP contribution < -0.4 is 4.74 Å². The van der Waals surface area contributed by atoms with Crippen molar-refractivity contribution in [1.29, 1.82) is 0 Å². The number of hydrogen-bond acceptors (Lipinski definition) is 5. The number of aryl methyl sites for hydroxylation is 2. The molecule has 1 saturated heterocycles. The number of ketones is 1. The fourth-order valence-electron chi connectivity index (χ4n) is 3.83. The maximum Gasteiger partial charge on any atom is 0.295 e. The summed E-state index contributed by atoms with van der Waals surface area (Å²) in [5, 5.41) is 11.3. The van der Waals surface area contributed by atoms with Crippen molar-refractivity contribution in [3.8, 4) is 5.75 Å². The maximum atomic E-state index is 13.1. The van der Waals surface area contributed by atoms with Crippen LogP contribution in [0.4, 0.5) is 0 Å². The van der Waals surface area contributed by atoms with E-state index in [0.29, 0.717) is 16.9 Å². The molecule has 0 spiro atoms. The molecule has 0 bridgehead atoms. The van der Waals surface area contributed by atoms with Crippen LogP contribution >= 0.6 is 0 Å². The molecule has 1 atom stereocenters. The van der Waals surface area contributed by atoms with Crippen LogP contribution in [0.1, 0.15) is 42.1 Å². The van der Waals surface area contributed by atoms with E-state index < -0.39 is 17.7 Å². The molecule has 1 heterocycles. The number of aliphatic hydroxyl groups is 1. The van der Waals surface area contributed by atoms with E-state index in [1.165, 1.54) is 12.0 Å². The molecule has 31 heavy (non-hydrogen) atoms. The van der Waals surface area contributed by atoms with Crippen LogP contribution in [0.2, 0.25) is 0 Å². The molecule has 1 unspecified atom stereocenters. The zero-order valence-electron chi connectivity index (χ0n) is 18.6. The molecule has 6 nitrogen and oxygen atoms in total. The van der Waals surface area contributed by atoms with Gasteiger partial charge in [0.2, 0.25) is 0 Å². The smallest absolute Gasteiger partial charge is 0.295 e. The zero-order chi connectivity index (χ0) is 22.7. The van der Waals surface area contributed by atoms with Crippen LogP contribution in [-0.4, -0.2) is 48.1 Å². The molecule has 1 N–H and O–H groups in total. The monoisotopic (exact) mass is 423 g/mol. The molecular formula is C25H29NO5. The Bertz CT molecular complexity index is 1020. The molecular weight excluding hydrogens is 394 g/mol. The standard InChI is InChI=1S/C25H29NO5/c1-15(2)31-20-9-7-6-8-18(20)22-21(24(28)25(29)26(22)12-13-30-5)23(27)19-14-16(3)10-11-17(19)4/h6-11,14-15,22,27H,12-13H2,1-5H3/b23-21+. The number of rotatable bonds is 7. The summed E-state index contributed by atoms with van der Waals surface area (Å²) in [7, 11) is 1.54. The van der Waals surface area contributed by atoms with Crippen molar-refractivity contribution in [2.45, 2.75) is 39.8 Å². The van der Waals surface area contributed by atoms with Crippen molar-refractivity contribution in [2.24, 2.45) is 0 Å². The summed E-state index contributed by atoms with van der Waals surface area (Å²) in [6.45, 7) is 8.08. The SMILES string of the molecule is COCCN1C(=O)C(=O)/C(=C(/O)c2cc(C)ccc2C)C1c1ccccc1OC(C)C. The molecule has 0 radical (unpaired) electrons. The normalized spacial score (nSPS) is 18.1. The third-order valence-electron chi connectivity index (χ3n) is 5.30. The van der Waals surface area contributed by atoms with Crippen molar-refractivity contribution >= 4 is 17.4 Å². The van der Waals surface area contributed by atoms with Gasteiger partial charge in [0.05, 0.1) is 24.3 Å². The Labute approximate surface area is 183 Å². The Balaban J connectivity index is 2.25. The maximum absolute atomic E-state index is 13.1. The largest absolute Gasteiger partial charge is 0.507 e. The Kier molecular flexibility index (Phi) is 6.81. The van der Waals surface area contributed by atoms with Crippen molar-refractivity contribution in [1.82, 2.24) is 4.90 Å². The highest BCUT2D eigenvalue weighted by Gasteiger charge is 2.47. The number of aliphatic hydroxyl groups excluding tert-OH is 1. The molecule has 2 aromatic rings. The lowest BCUT2D eigenvalue weighted by atomic mass is 9.93. The Hall–Kier alpha value is -3.12. The van der Waals surface area contributed by atoms with Crippen molar-refractivity contribution < 1.29 is 24.2 Å². The number of Topliss-reactive ketones (excluding diaryl/α,β-unsaturated/α-hetero) is 1. The Morgan fingerprint density at radius 3 is 2.52 bits per heavy atom. The lowest BCUT2D eigenvalue weighted by molar-refractivity contribution is -0.140. The average molecular weight is 424 g/mol. The quantitative estimate of drug-likeness (QED) is 0.411.